The third-order valence-corrected chi connectivity index (χ3v) is 4.73. The molecule has 3 heterocycles. The van der Waals surface area contributed by atoms with Gasteiger partial charge in [-0.2, -0.15) is 0 Å². The zero-order chi connectivity index (χ0) is 17.9. The molecule has 2 saturated heterocycles. The van der Waals surface area contributed by atoms with Crippen LogP contribution in [0, 0.1) is 6.92 Å². The Bertz CT molecular complexity index is 618. The van der Waals surface area contributed by atoms with E-state index < -0.39 is 5.54 Å². The van der Waals surface area contributed by atoms with Crippen molar-refractivity contribution in [3.05, 3.63) is 11.8 Å². The Labute approximate surface area is 146 Å². The predicted molar refractivity (Wildman–Crippen MR) is 89.9 cm³/mol. The van der Waals surface area contributed by atoms with Gasteiger partial charge in [-0.1, -0.05) is 5.16 Å². The van der Waals surface area contributed by atoms with E-state index in [1.54, 1.807) is 17.9 Å². The van der Waals surface area contributed by atoms with Crippen LogP contribution < -0.4 is 11.1 Å². The van der Waals surface area contributed by atoms with Crippen molar-refractivity contribution in [1.29, 1.82) is 0 Å². The number of hydrogen-bond donors (Lipinski definition) is 2. The van der Waals surface area contributed by atoms with Gasteiger partial charge in [-0.3, -0.25) is 14.5 Å². The minimum atomic E-state index is -0.803. The molecule has 0 aliphatic carbocycles. The topological polar surface area (TPSA) is 114 Å². The highest BCUT2D eigenvalue weighted by Crippen LogP contribution is 2.21. The Morgan fingerprint density at radius 2 is 1.96 bits per heavy atom. The maximum Gasteiger partial charge on any atom is 0.242 e. The van der Waals surface area contributed by atoms with Gasteiger partial charge in [0.15, 0.2) is 5.82 Å². The summed E-state index contributed by atoms with van der Waals surface area (Å²) in [5, 5.41) is 6.44. The van der Waals surface area contributed by atoms with E-state index in [1.807, 2.05) is 4.90 Å². The van der Waals surface area contributed by atoms with Crippen LogP contribution in [-0.2, 0) is 14.3 Å². The molecule has 2 aliphatic rings. The fourth-order valence-corrected chi connectivity index (χ4v) is 3.18. The largest absolute Gasteiger partial charge is 0.381 e. The van der Waals surface area contributed by atoms with E-state index in [-0.39, 0.29) is 18.4 Å². The predicted octanol–water partition coefficient (Wildman–Crippen LogP) is -0.426. The molecule has 0 radical (unpaired) electrons. The fraction of sp³-hybridized carbons (Fsp3) is 0.688. The Balaban J connectivity index is 1.45. The number of carbonyl (C=O) groups excluding carboxylic acids is 2. The zero-order valence-electron chi connectivity index (χ0n) is 14.5. The van der Waals surface area contributed by atoms with Crippen molar-refractivity contribution in [2.24, 2.45) is 5.73 Å². The van der Waals surface area contributed by atoms with E-state index in [2.05, 4.69) is 10.5 Å². The van der Waals surface area contributed by atoms with Crippen LogP contribution in [0.15, 0.2) is 10.6 Å². The lowest BCUT2D eigenvalue weighted by Gasteiger charge is -2.40. The summed E-state index contributed by atoms with van der Waals surface area (Å²) < 4.78 is 10.2. The summed E-state index contributed by atoms with van der Waals surface area (Å²) in [5.41, 5.74) is 5.47. The van der Waals surface area contributed by atoms with E-state index in [0.717, 1.165) is 0 Å². The smallest absolute Gasteiger partial charge is 0.242 e. The highest BCUT2D eigenvalue weighted by Gasteiger charge is 2.39. The molecule has 3 N–H and O–H groups in total. The molecule has 0 spiro atoms. The number of nitrogens with zero attached hydrogens (tertiary/aromatic N) is 3. The van der Waals surface area contributed by atoms with Crippen molar-refractivity contribution >= 4 is 17.6 Å². The summed E-state index contributed by atoms with van der Waals surface area (Å²) in [6, 6.07) is 1.67. The number of carbonyl (C=O) groups is 2. The van der Waals surface area contributed by atoms with Gasteiger partial charge in [-0.05, 0) is 19.8 Å². The molecule has 0 bridgehead atoms. The molecule has 0 unspecified atom stereocenters. The SMILES string of the molecule is Cc1cc(NC(=O)CN2CCN(C(=O)C3(N)CCOCC3)CC2)no1. The molecule has 2 aliphatic heterocycles. The number of rotatable bonds is 4. The number of anilines is 1. The number of nitrogens with two attached hydrogens (primary N) is 1. The number of hydrogen-bond acceptors (Lipinski definition) is 7. The standard InChI is InChI=1S/C16H25N5O4/c1-12-10-13(19-25-12)18-14(22)11-20-4-6-21(7-5-20)15(23)16(17)2-8-24-9-3-16/h10H,2-9,11,17H2,1H3,(H,18,19,22). The van der Waals surface area contributed by atoms with Crippen LogP contribution in [-0.4, -0.2) is 78.2 Å². The van der Waals surface area contributed by atoms with E-state index in [9.17, 15) is 9.59 Å². The Kier molecular flexibility index (Phi) is 5.36. The second-order valence-electron chi connectivity index (χ2n) is 6.71. The summed E-state index contributed by atoms with van der Waals surface area (Å²) >= 11 is 0. The summed E-state index contributed by atoms with van der Waals surface area (Å²) in [6.07, 6.45) is 1.12. The first kappa shape index (κ1) is 17.8. The minimum absolute atomic E-state index is 0.00188. The maximum absolute atomic E-state index is 12.7. The number of piperazine rings is 1. The van der Waals surface area contributed by atoms with Crippen LogP contribution >= 0.6 is 0 Å². The molecule has 9 heteroatoms. The van der Waals surface area contributed by atoms with Gasteiger partial charge in [0.05, 0.1) is 12.1 Å². The molecule has 25 heavy (non-hydrogen) atoms. The Hall–Kier alpha value is -1.97. The average molecular weight is 351 g/mol. The average Bonchev–Trinajstić information content (AvgIpc) is 3.00. The van der Waals surface area contributed by atoms with E-state index in [1.165, 1.54) is 0 Å². The summed E-state index contributed by atoms with van der Waals surface area (Å²) in [6.45, 7) is 5.53. The maximum atomic E-state index is 12.7. The lowest BCUT2D eigenvalue weighted by atomic mass is 9.89. The van der Waals surface area contributed by atoms with Gasteiger partial charge in [0.25, 0.3) is 0 Å². The van der Waals surface area contributed by atoms with Crippen LogP contribution in [0.3, 0.4) is 0 Å². The quantitative estimate of drug-likeness (QED) is 0.757. The van der Waals surface area contributed by atoms with Crippen molar-refractivity contribution < 1.29 is 18.8 Å². The zero-order valence-corrected chi connectivity index (χ0v) is 14.5. The van der Waals surface area contributed by atoms with Crippen molar-refractivity contribution in [1.82, 2.24) is 15.0 Å². The summed E-state index contributed by atoms with van der Waals surface area (Å²) in [7, 11) is 0. The van der Waals surface area contributed by atoms with E-state index in [0.29, 0.717) is 63.8 Å². The molecule has 2 amide bonds. The molecule has 138 valence electrons. The lowest BCUT2D eigenvalue weighted by Crippen LogP contribution is -2.61. The van der Waals surface area contributed by atoms with Crippen LogP contribution in [0.5, 0.6) is 0 Å². The number of nitrogens with one attached hydrogen (secondary N) is 1. The molecule has 3 rings (SSSR count). The fourth-order valence-electron chi connectivity index (χ4n) is 3.18. The summed E-state index contributed by atoms with van der Waals surface area (Å²) in [4.78, 5) is 28.6. The van der Waals surface area contributed by atoms with Crippen molar-refractivity contribution in [3.63, 3.8) is 0 Å². The highest BCUT2D eigenvalue weighted by atomic mass is 16.5. The number of aromatic nitrogens is 1. The molecule has 1 aromatic heterocycles. The lowest BCUT2D eigenvalue weighted by molar-refractivity contribution is -0.142. The van der Waals surface area contributed by atoms with Crippen molar-refractivity contribution in [3.8, 4) is 0 Å². The second kappa shape index (κ2) is 7.51. The molecular formula is C16H25N5O4. The Morgan fingerprint density at radius 3 is 2.56 bits per heavy atom. The highest BCUT2D eigenvalue weighted by molar-refractivity contribution is 5.91. The molecule has 2 fully saturated rings. The third-order valence-electron chi connectivity index (χ3n) is 4.73. The summed E-state index contributed by atoms with van der Waals surface area (Å²) in [5.74, 6) is 0.915. The van der Waals surface area contributed by atoms with Crippen LogP contribution in [0.4, 0.5) is 5.82 Å². The Morgan fingerprint density at radius 1 is 1.28 bits per heavy atom. The molecule has 0 atom stereocenters. The van der Waals surface area contributed by atoms with Gasteiger partial charge in [0.2, 0.25) is 11.8 Å². The van der Waals surface area contributed by atoms with E-state index in [4.69, 9.17) is 15.0 Å². The van der Waals surface area contributed by atoms with Crippen LogP contribution in [0.25, 0.3) is 0 Å². The third kappa shape index (κ3) is 4.36. The number of aryl methyl sites for hydroxylation is 1. The monoisotopic (exact) mass is 351 g/mol. The van der Waals surface area contributed by atoms with Gasteiger partial charge in [0, 0.05) is 45.5 Å². The first-order valence-corrected chi connectivity index (χ1v) is 8.58. The minimum Gasteiger partial charge on any atom is -0.381 e. The molecular weight excluding hydrogens is 326 g/mol. The first-order valence-electron chi connectivity index (χ1n) is 8.58. The molecule has 0 aromatic carbocycles. The van der Waals surface area contributed by atoms with Crippen molar-refractivity contribution in [2.75, 3.05) is 51.3 Å². The van der Waals surface area contributed by atoms with Gasteiger partial charge >= 0.3 is 0 Å². The van der Waals surface area contributed by atoms with Gasteiger partial charge < -0.3 is 25.2 Å². The molecule has 1 aromatic rings. The van der Waals surface area contributed by atoms with Crippen molar-refractivity contribution in [2.45, 2.75) is 25.3 Å². The second-order valence-corrected chi connectivity index (χ2v) is 6.71. The van der Waals surface area contributed by atoms with Gasteiger partial charge in [-0.25, -0.2) is 0 Å². The van der Waals surface area contributed by atoms with Gasteiger partial charge in [-0.15, -0.1) is 0 Å². The molecule has 9 nitrogen and oxygen atoms in total. The molecule has 0 saturated carbocycles. The number of amides is 2. The number of ether oxygens (including phenoxy) is 1. The van der Waals surface area contributed by atoms with Crippen LogP contribution in [0.1, 0.15) is 18.6 Å². The van der Waals surface area contributed by atoms with E-state index >= 15 is 0 Å². The van der Waals surface area contributed by atoms with Crippen LogP contribution in [0.2, 0.25) is 0 Å². The first-order chi connectivity index (χ1) is 12.0. The van der Waals surface area contributed by atoms with Gasteiger partial charge in [0.1, 0.15) is 5.76 Å². The normalized spacial score (nSPS) is 21.1.